The Labute approximate surface area is 626 Å². The Kier molecular flexibility index (Phi) is 73.1. The minimum atomic E-state index is -4.96. The van der Waals surface area contributed by atoms with Crippen LogP contribution in [0, 0.1) is 11.8 Å². The molecule has 0 aromatic rings. The van der Waals surface area contributed by atoms with E-state index in [2.05, 4.69) is 41.5 Å². The Morgan fingerprint density at radius 1 is 0.265 bits per heavy atom. The van der Waals surface area contributed by atoms with E-state index in [0.717, 1.165) is 102 Å². The molecule has 0 aliphatic heterocycles. The van der Waals surface area contributed by atoms with Crippen LogP contribution in [0.3, 0.4) is 0 Å². The number of carbonyl (C=O) groups excluding carboxylic acids is 4. The van der Waals surface area contributed by atoms with Gasteiger partial charge in [0.15, 0.2) is 12.2 Å². The molecular weight excluding hydrogens is 1330 g/mol. The van der Waals surface area contributed by atoms with Gasteiger partial charge in [-0.25, -0.2) is 9.13 Å². The van der Waals surface area contributed by atoms with Crippen molar-refractivity contribution < 1.29 is 80.2 Å². The Bertz CT molecular complexity index is 1960. The molecular formula is C83H162O17P2. The van der Waals surface area contributed by atoms with Gasteiger partial charge in [0.25, 0.3) is 0 Å². The normalized spacial score (nSPS) is 13.9. The van der Waals surface area contributed by atoms with Crippen LogP contribution >= 0.6 is 15.6 Å². The maximum atomic E-state index is 13.1. The van der Waals surface area contributed by atoms with Crippen LogP contribution in [0.4, 0.5) is 0 Å². The summed E-state index contributed by atoms with van der Waals surface area (Å²) >= 11 is 0. The second kappa shape index (κ2) is 74.5. The van der Waals surface area contributed by atoms with Crippen LogP contribution in [0.5, 0.6) is 0 Å². The van der Waals surface area contributed by atoms with Crippen molar-refractivity contribution in [3.8, 4) is 0 Å². The number of aliphatic hydroxyl groups is 1. The molecule has 2 unspecified atom stereocenters. The minimum absolute atomic E-state index is 0.105. The van der Waals surface area contributed by atoms with Gasteiger partial charge in [0.2, 0.25) is 0 Å². The first-order chi connectivity index (χ1) is 49.4. The number of hydrogen-bond donors (Lipinski definition) is 3. The van der Waals surface area contributed by atoms with E-state index in [1.165, 1.54) is 250 Å². The molecule has 0 amide bonds. The quantitative estimate of drug-likeness (QED) is 0.0222. The van der Waals surface area contributed by atoms with Crippen molar-refractivity contribution in [3.63, 3.8) is 0 Å². The predicted octanol–water partition coefficient (Wildman–Crippen LogP) is 25.1. The molecule has 0 aromatic carbocycles. The number of rotatable bonds is 82. The molecule has 3 N–H and O–H groups in total. The van der Waals surface area contributed by atoms with Crippen molar-refractivity contribution >= 4 is 39.5 Å². The van der Waals surface area contributed by atoms with Gasteiger partial charge in [-0.15, -0.1) is 0 Å². The second-order valence-corrected chi connectivity index (χ2v) is 33.7. The summed E-state index contributed by atoms with van der Waals surface area (Å²) in [5, 5.41) is 10.6. The standard InChI is InChI=1S/C83H162O17P2/c1-7-9-11-13-15-17-19-21-23-25-27-28-30-32-34-36-38-43-47-55-61-67-82(87)99-78(71-93-80(85)65-59-53-46-42-37-35-33-31-29-26-24-22-20-18-16-14-12-10-8-2)73-97-101(89,90)95-69-77(84)70-96-102(91,92)98-74-79(72-94-81(86)66-60-54-50-49-52-58-64-76(5)6)100-83(88)68-62-56-48-44-40-39-41-45-51-57-63-75(3)4/h75-79,84H,7-74H2,1-6H3,(H,89,90)(H,91,92)/t77-,78-,79-/m1/s1. The van der Waals surface area contributed by atoms with E-state index < -0.39 is 97.5 Å². The fourth-order valence-corrected chi connectivity index (χ4v) is 14.5. The summed E-state index contributed by atoms with van der Waals surface area (Å²) in [4.78, 5) is 73.0. The highest BCUT2D eigenvalue weighted by molar-refractivity contribution is 7.47. The number of carbonyl (C=O) groups is 4. The summed E-state index contributed by atoms with van der Waals surface area (Å²) in [6.45, 7) is 9.55. The van der Waals surface area contributed by atoms with Crippen LogP contribution < -0.4 is 0 Å². The van der Waals surface area contributed by atoms with Gasteiger partial charge in [0.05, 0.1) is 26.4 Å². The number of aliphatic hydroxyl groups excluding tert-OH is 1. The number of phosphoric acid groups is 2. The lowest BCUT2D eigenvalue weighted by molar-refractivity contribution is -0.161. The molecule has 102 heavy (non-hydrogen) atoms. The number of unbranched alkanes of at least 4 members (excludes halogenated alkanes) is 52. The summed E-state index contributed by atoms with van der Waals surface area (Å²) in [6.07, 6.45) is 65.6. The van der Waals surface area contributed by atoms with Gasteiger partial charge < -0.3 is 33.8 Å². The van der Waals surface area contributed by atoms with Crippen LogP contribution in [0.2, 0.25) is 0 Å². The van der Waals surface area contributed by atoms with Gasteiger partial charge in [-0.2, -0.15) is 0 Å². The van der Waals surface area contributed by atoms with E-state index in [1.54, 1.807) is 0 Å². The summed E-state index contributed by atoms with van der Waals surface area (Å²) < 4.78 is 68.7. The SMILES string of the molecule is CCCCCCCCCCCCCCCCCCCCCCCC(=O)O[C@H](COC(=O)CCCCCCCCCCCCCCCCCCCCC)COP(=O)(O)OC[C@@H](O)COP(=O)(O)OC[C@@H](COC(=O)CCCCCCCCC(C)C)OC(=O)CCCCCCCCCCCCC(C)C. The average molecular weight is 1490 g/mol. The topological polar surface area (TPSA) is 237 Å². The average Bonchev–Trinajstić information content (AvgIpc) is 0.967. The summed E-state index contributed by atoms with van der Waals surface area (Å²) in [6, 6.07) is 0. The fourth-order valence-electron chi connectivity index (χ4n) is 12.9. The van der Waals surface area contributed by atoms with Crippen LogP contribution in [-0.2, 0) is 65.4 Å². The molecule has 0 saturated carbocycles. The molecule has 0 radical (unpaired) electrons. The maximum absolute atomic E-state index is 13.1. The molecule has 0 aliphatic rings. The third-order valence-corrected chi connectivity index (χ3v) is 21.4. The highest BCUT2D eigenvalue weighted by atomic mass is 31.2. The van der Waals surface area contributed by atoms with E-state index in [1.807, 2.05) is 0 Å². The van der Waals surface area contributed by atoms with Crippen LogP contribution in [0.25, 0.3) is 0 Å². The molecule has 0 fully saturated rings. The van der Waals surface area contributed by atoms with Gasteiger partial charge in [0, 0.05) is 25.7 Å². The molecule has 5 atom stereocenters. The maximum Gasteiger partial charge on any atom is 0.472 e. The zero-order valence-corrected chi connectivity index (χ0v) is 68.7. The van der Waals surface area contributed by atoms with Crippen molar-refractivity contribution in [1.29, 1.82) is 0 Å². The number of phosphoric ester groups is 2. The molecule has 0 heterocycles. The number of ether oxygens (including phenoxy) is 4. The largest absolute Gasteiger partial charge is 0.472 e. The Hall–Kier alpha value is -1.94. The minimum Gasteiger partial charge on any atom is -0.462 e. The van der Waals surface area contributed by atoms with E-state index in [0.29, 0.717) is 31.6 Å². The first kappa shape index (κ1) is 100. The molecule has 0 bridgehead atoms. The molecule has 0 aromatic heterocycles. The molecule has 0 spiro atoms. The van der Waals surface area contributed by atoms with E-state index in [4.69, 9.17) is 37.0 Å². The highest BCUT2D eigenvalue weighted by Crippen LogP contribution is 2.45. The summed E-state index contributed by atoms with van der Waals surface area (Å²) in [5.74, 6) is -0.679. The third kappa shape index (κ3) is 76.3. The van der Waals surface area contributed by atoms with Gasteiger partial charge >= 0.3 is 39.5 Å². The van der Waals surface area contributed by atoms with Crippen molar-refractivity contribution in [3.05, 3.63) is 0 Å². The first-order valence-corrected chi connectivity index (χ1v) is 46.0. The Morgan fingerprint density at radius 2 is 0.451 bits per heavy atom. The Balaban J connectivity index is 5.20. The molecule has 0 aliphatic carbocycles. The van der Waals surface area contributed by atoms with Crippen LogP contribution in [-0.4, -0.2) is 96.7 Å². The zero-order chi connectivity index (χ0) is 74.9. The van der Waals surface area contributed by atoms with E-state index in [-0.39, 0.29) is 25.7 Å². The lowest BCUT2D eigenvalue weighted by Gasteiger charge is -2.21. The lowest BCUT2D eigenvalue weighted by Crippen LogP contribution is -2.30. The summed E-state index contributed by atoms with van der Waals surface area (Å²) in [7, 11) is -9.92. The van der Waals surface area contributed by atoms with E-state index in [9.17, 15) is 43.2 Å². The summed E-state index contributed by atoms with van der Waals surface area (Å²) in [5.41, 5.74) is 0. The number of hydrogen-bond acceptors (Lipinski definition) is 15. The van der Waals surface area contributed by atoms with Gasteiger partial charge in [-0.1, -0.05) is 388 Å². The van der Waals surface area contributed by atoms with Crippen molar-refractivity contribution in [2.75, 3.05) is 39.6 Å². The molecule has 0 saturated heterocycles. The van der Waals surface area contributed by atoms with Crippen molar-refractivity contribution in [2.24, 2.45) is 11.8 Å². The fraction of sp³-hybridized carbons (Fsp3) is 0.952. The van der Waals surface area contributed by atoms with E-state index >= 15 is 0 Å². The highest BCUT2D eigenvalue weighted by Gasteiger charge is 2.30. The Morgan fingerprint density at radius 3 is 0.667 bits per heavy atom. The molecule has 0 rings (SSSR count). The van der Waals surface area contributed by atoms with Crippen molar-refractivity contribution in [1.82, 2.24) is 0 Å². The first-order valence-electron chi connectivity index (χ1n) is 43.0. The monoisotopic (exact) mass is 1490 g/mol. The smallest absolute Gasteiger partial charge is 0.462 e. The van der Waals surface area contributed by atoms with Crippen LogP contribution in [0.1, 0.15) is 440 Å². The predicted molar refractivity (Wildman–Crippen MR) is 418 cm³/mol. The van der Waals surface area contributed by atoms with Gasteiger partial charge in [-0.3, -0.25) is 37.3 Å². The molecule has 17 nitrogen and oxygen atoms in total. The lowest BCUT2D eigenvalue weighted by atomic mass is 10.0. The molecule has 606 valence electrons. The van der Waals surface area contributed by atoms with Gasteiger partial charge in [0.1, 0.15) is 19.3 Å². The van der Waals surface area contributed by atoms with Crippen LogP contribution in [0.15, 0.2) is 0 Å². The van der Waals surface area contributed by atoms with Gasteiger partial charge in [-0.05, 0) is 37.5 Å². The number of esters is 4. The zero-order valence-electron chi connectivity index (χ0n) is 66.9. The third-order valence-electron chi connectivity index (χ3n) is 19.5. The molecule has 19 heteroatoms. The second-order valence-electron chi connectivity index (χ2n) is 30.8. The van der Waals surface area contributed by atoms with Crippen molar-refractivity contribution in [2.45, 2.75) is 458 Å².